The van der Waals surface area contributed by atoms with Crippen molar-refractivity contribution < 1.29 is 9.53 Å². The highest BCUT2D eigenvalue weighted by atomic mass is 16.5. The Labute approximate surface area is 147 Å². The van der Waals surface area contributed by atoms with Crippen molar-refractivity contribution in [3.63, 3.8) is 0 Å². The van der Waals surface area contributed by atoms with E-state index in [9.17, 15) is 4.79 Å². The molecule has 0 radical (unpaired) electrons. The van der Waals surface area contributed by atoms with E-state index in [1.807, 2.05) is 63.2 Å². The van der Waals surface area contributed by atoms with E-state index in [2.05, 4.69) is 15.3 Å². The predicted octanol–water partition coefficient (Wildman–Crippen LogP) is 3.83. The van der Waals surface area contributed by atoms with Crippen LogP contribution < -0.4 is 10.1 Å². The van der Waals surface area contributed by atoms with Crippen LogP contribution in [-0.2, 0) is 11.2 Å². The Morgan fingerprint density at radius 3 is 2.48 bits per heavy atom. The Kier molecular flexibility index (Phi) is 4.93. The van der Waals surface area contributed by atoms with Gasteiger partial charge in [-0.2, -0.15) is 4.98 Å². The topological polar surface area (TPSA) is 64.1 Å². The number of amides is 1. The van der Waals surface area contributed by atoms with Gasteiger partial charge in [-0.25, -0.2) is 4.98 Å². The summed E-state index contributed by atoms with van der Waals surface area (Å²) in [5, 5.41) is 3.72. The van der Waals surface area contributed by atoms with E-state index in [1.54, 1.807) is 0 Å². The highest BCUT2D eigenvalue weighted by Gasteiger charge is 2.12. The molecule has 1 heterocycles. The Hall–Kier alpha value is -2.95. The summed E-state index contributed by atoms with van der Waals surface area (Å²) in [5.74, 6) is 0.932. The number of rotatable bonds is 5. The second-order valence-electron chi connectivity index (χ2n) is 5.92. The number of aromatic nitrogens is 2. The van der Waals surface area contributed by atoms with Gasteiger partial charge < -0.3 is 10.1 Å². The zero-order valence-corrected chi connectivity index (χ0v) is 14.7. The lowest BCUT2D eigenvalue weighted by molar-refractivity contribution is -0.118. The van der Waals surface area contributed by atoms with Crippen molar-refractivity contribution in [3.8, 4) is 5.88 Å². The molecule has 5 nitrogen and oxygen atoms in total. The van der Waals surface area contributed by atoms with Crippen molar-refractivity contribution >= 4 is 22.5 Å². The Balaban J connectivity index is 1.77. The molecule has 1 aromatic heterocycles. The van der Waals surface area contributed by atoms with Crippen molar-refractivity contribution in [1.82, 2.24) is 9.97 Å². The number of carbonyl (C=O) groups excluding carboxylic acids is 1. The third-order valence-corrected chi connectivity index (χ3v) is 4.02. The van der Waals surface area contributed by atoms with E-state index >= 15 is 0 Å². The van der Waals surface area contributed by atoms with Gasteiger partial charge in [-0.1, -0.05) is 37.3 Å². The van der Waals surface area contributed by atoms with Crippen LogP contribution in [0.3, 0.4) is 0 Å². The molecule has 0 unspecified atom stereocenters. The summed E-state index contributed by atoms with van der Waals surface area (Å²) >= 11 is 0. The average molecular weight is 335 g/mol. The van der Waals surface area contributed by atoms with Gasteiger partial charge in [-0.05, 0) is 37.1 Å². The second kappa shape index (κ2) is 7.30. The minimum atomic E-state index is -0.210. The van der Waals surface area contributed by atoms with Gasteiger partial charge in [0, 0.05) is 12.1 Å². The molecule has 0 saturated carbocycles. The first kappa shape index (κ1) is 16.9. The SMILES string of the molecule is CCc1nc(OCC(=O)Nc2c(C)cccc2C)c2ccccc2n1. The lowest BCUT2D eigenvalue weighted by Gasteiger charge is -2.13. The zero-order valence-electron chi connectivity index (χ0n) is 14.7. The van der Waals surface area contributed by atoms with Gasteiger partial charge in [0.05, 0.1) is 10.9 Å². The number of hydrogen-bond acceptors (Lipinski definition) is 4. The van der Waals surface area contributed by atoms with Gasteiger partial charge in [0.25, 0.3) is 5.91 Å². The number of nitrogens with one attached hydrogen (secondary N) is 1. The molecule has 25 heavy (non-hydrogen) atoms. The van der Waals surface area contributed by atoms with Gasteiger partial charge in [-0.15, -0.1) is 0 Å². The fourth-order valence-corrected chi connectivity index (χ4v) is 2.68. The van der Waals surface area contributed by atoms with Gasteiger partial charge >= 0.3 is 0 Å². The highest BCUT2D eigenvalue weighted by Crippen LogP contribution is 2.23. The molecular weight excluding hydrogens is 314 g/mol. The first-order valence-corrected chi connectivity index (χ1v) is 8.33. The minimum Gasteiger partial charge on any atom is -0.467 e. The standard InChI is InChI=1S/C20H21N3O2/c1-4-17-21-16-11-6-5-10-15(16)20(22-17)25-12-18(24)23-19-13(2)8-7-9-14(19)3/h5-11H,4,12H2,1-3H3,(H,23,24). The molecule has 128 valence electrons. The van der Waals surface area contributed by atoms with E-state index in [1.165, 1.54) is 0 Å². The van der Waals surface area contributed by atoms with Crippen LogP contribution in [0.5, 0.6) is 5.88 Å². The molecule has 2 aromatic carbocycles. The molecule has 3 aromatic rings. The predicted molar refractivity (Wildman–Crippen MR) is 99.0 cm³/mol. The summed E-state index contributed by atoms with van der Waals surface area (Å²) in [4.78, 5) is 21.2. The maximum Gasteiger partial charge on any atom is 0.262 e. The summed E-state index contributed by atoms with van der Waals surface area (Å²) in [5.41, 5.74) is 3.70. The quantitative estimate of drug-likeness (QED) is 0.770. The third-order valence-electron chi connectivity index (χ3n) is 4.02. The van der Waals surface area contributed by atoms with E-state index in [-0.39, 0.29) is 12.5 Å². The van der Waals surface area contributed by atoms with E-state index < -0.39 is 0 Å². The monoisotopic (exact) mass is 335 g/mol. The number of fused-ring (bicyclic) bond motifs is 1. The van der Waals surface area contributed by atoms with Gasteiger partial charge in [0.1, 0.15) is 5.82 Å². The molecule has 0 fully saturated rings. The molecule has 0 bridgehead atoms. The van der Waals surface area contributed by atoms with E-state index in [4.69, 9.17) is 4.74 Å². The molecule has 0 atom stereocenters. The normalized spacial score (nSPS) is 10.7. The van der Waals surface area contributed by atoms with Crippen LogP contribution in [-0.4, -0.2) is 22.5 Å². The molecule has 0 saturated heterocycles. The van der Waals surface area contributed by atoms with Crippen molar-refractivity contribution in [2.75, 3.05) is 11.9 Å². The number of benzene rings is 2. The summed E-state index contributed by atoms with van der Waals surface area (Å²) in [6, 6.07) is 13.5. The number of anilines is 1. The molecule has 0 aliphatic heterocycles. The molecule has 0 aliphatic rings. The van der Waals surface area contributed by atoms with Crippen LogP contribution in [0, 0.1) is 13.8 Å². The Morgan fingerprint density at radius 1 is 1.04 bits per heavy atom. The number of carbonyl (C=O) groups is 1. The lowest BCUT2D eigenvalue weighted by atomic mass is 10.1. The number of para-hydroxylation sites is 2. The third kappa shape index (κ3) is 3.76. The largest absolute Gasteiger partial charge is 0.467 e. The number of hydrogen-bond donors (Lipinski definition) is 1. The fourth-order valence-electron chi connectivity index (χ4n) is 2.68. The van der Waals surface area contributed by atoms with Crippen LogP contribution in [0.25, 0.3) is 10.9 Å². The average Bonchev–Trinajstić information content (AvgIpc) is 2.62. The van der Waals surface area contributed by atoms with Crippen molar-refractivity contribution in [2.45, 2.75) is 27.2 Å². The van der Waals surface area contributed by atoms with Crippen LogP contribution in [0.15, 0.2) is 42.5 Å². The van der Waals surface area contributed by atoms with E-state index in [0.717, 1.165) is 27.7 Å². The molecule has 1 N–H and O–H groups in total. The zero-order chi connectivity index (χ0) is 17.8. The number of ether oxygens (including phenoxy) is 1. The van der Waals surface area contributed by atoms with Crippen molar-refractivity contribution in [3.05, 3.63) is 59.4 Å². The second-order valence-corrected chi connectivity index (χ2v) is 5.92. The molecule has 1 amide bonds. The summed E-state index contributed by atoms with van der Waals surface area (Å²) in [6.45, 7) is 5.82. The first-order chi connectivity index (χ1) is 12.1. The Morgan fingerprint density at radius 2 is 1.76 bits per heavy atom. The minimum absolute atomic E-state index is 0.0993. The maximum absolute atomic E-state index is 12.3. The lowest BCUT2D eigenvalue weighted by Crippen LogP contribution is -2.21. The van der Waals surface area contributed by atoms with E-state index in [0.29, 0.717) is 18.1 Å². The van der Waals surface area contributed by atoms with Gasteiger partial charge in [-0.3, -0.25) is 4.79 Å². The number of nitrogens with zero attached hydrogens (tertiary/aromatic N) is 2. The van der Waals surface area contributed by atoms with Crippen LogP contribution in [0.2, 0.25) is 0 Å². The van der Waals surface area contributed by atoms with Gasteiger partial charge in [0.2, 0.25) is 5.88 Å². The van der Waals surface area contributed by atoms with Crippen LogP contribution in [0.4, 0.5) is 5.69 Å². The first-order valence-electron chi connectivity index (χ1n) is 8.33. The molecule has 0 aliphatic carbocycles. The Bertz CT molecular complexity index is 902. The van der Waals surface area contributed by atoms with Crippen LogP contribution >= 0.6 is 0 Å². The summed E-state index contributed by atoms with van der Waals surface area (Å²) < 4.78 is 5.71. The molecule has 3 rings (SSSR count). The van der Waals surface area contributed by atoms with Crippen molar-refractivity contribution in [2.24, 2.45) is 0 Å². The fraction of sp³-hybridized carbons (Fsp3) is 0.250. The van der Waals surface area contributed by atoms with Gasteiger partial charge in [0.15, 0.2) is 6.61 Å². The summed E-state index contributed by atoms with van der Waals surface area (Å²) in [6.07, 6.45) is 0.704. The van der Waals surface area contributed by atoms with Crippen molar-refractivity contribution in [1.29, 1.82) is 0 Å². The van der Waals surface area contributed by atoms with Crippen LogP contribution in [0.1, 0.15) is 23.9 Å². The maximum atomic E-state index is 12.3. The highest BCUT2D eigenvalue weighted by molar-refractivity contribution is 5.93. The molecule has 5 heteroatoms. The smallest absolute Gasteiger partial charge is 0.262 e. The number of aryl methyl sites for hydroxylation is 3. The molecule has 0 spiro atoms. The molecular formula is C20H21N3O2. The summed E-state index contributed by atoms with van der Waals surface area (Å²) in [7, 11) is 0.